The number of benzene rings is 2. The number of rotatable bonds is 12. The zero-order valence-corrected chi connectivity index (χ0v) is 21.0. The highest BCUT2D eigenvalue weighted by Gasteiger charge is 2.10. The summed E-state index contributed by atoms with van der Waals surface area (Å²) in [5, 5.41) is 8.33. The van der Waals surface area contributed by atoms with E-state index in [1.807, 2.05) is 18.2 Å². The molecule has 1 heterocycles. The third kappa shape index (κ3) is 8.37. The number of nitrogens with zero attached hydrogens (tertiary/aromatic N) is 1. The molecule has 0 aliphatic carbocycles. The summed E-state index contributed by atoms with van der Waals surface area (Å²) in [4.78, 5) is 12.5. The van der Waals surface area contributed by atoms with E-state index < -0.39 is 0 Å². The third-order valence-corrected chi connectivity index (χ3v) is 6.51. The highest BCUT2D eigenvalue weighted by atomic mass is 35.5. The molecule has 0 fully saturated rings. The molecule has 0 spiro atoms. The Morgan fingerprint density at radius 1 is 1.03 bits per heavy atom. The van der Waals surface area contributed by atoms with Gasteiger partial charge in [0, 0.05) is 23.9 Å². The van der Waals surface area contributed by atoms with Gasteiger partial charge in [0.15, 0.2) is 12.2 Å². The molecule has 5 nitrogen and oxygen atoms in total. The second-order valence-electron chi connectivity index (χ2n) is 8.17. The van der Waals surface area contributed by atoms with Gasteiger partial charge in [-0.05, 0) is 36.8 Å². The molecule has 33 heavy (non-hydrogen) atoms. The Morgan fingerprint density at radius 2 is 1.79 bits per heavy atom. The summed E-state index contributed by atoms with van der Waals surface area (Å²) in [5.74, 6) is 0.644. The fourth-order valence-corrected chi connectivity index (χ4v) is 4.53. The van der Waals surface area contributed by atoms with Crippen LogP contribution in [0.3, 0.4) is 0 Å². The van der Waals surface area contributed by atoms with E-state index in [0.717, 1.165) is 24.2 Å². The maximum absolute atomic E-state index is 12.5. The molecule has 0 aliphatic heterocycles. The summed E-state index contributed by atoms with van der Waals surface area (Å²) >= 11 is 8.03. The van der Waals surface area contributed by atoms with Gasteiger partial charge in [-0.25, -0.2) is 4.79 Å². The molecule has 0 atom stereocenters. The Kier molecular flexibility index (Phi) is 10.0. The standard InChI is InChI=1S/C26H32ClN3O2S/c1-3-4-5-6-7-8-14-32-25-13-12-23(16-24(25)27)29-26(31)28-22-11-9-10-21(15-22)17-30-19-33-18-20(30)2/h9-13,15-16,18-19H,3-8,14,17H2,1-2H3,(H-,28,29,31)/p+1. The van der Waals surface area contributed by atoms with Gasteiger partial charge >= 0.3 is 6.03 Å². The van der Waals surface area contributed by atoms with Crippen LogP contribution in [0.1, 0.15) is 56.7 Å². The van der Waals surface area contributed by atoms with Crippen molar-refractivity contribution >= 4 is 40.3 Å². The molecular formula is C26H33ClN3O2S+. The molecule has 7 heteroatoms. The van der Waals surface area contributed by atoms with Crippen LogP contribution in [0, 0.1) is 6.92 Å². The van der Waals surface area contributed by atoms with Gasteiger partial charge in [0.05, 0.1) is 17.0 Å². The van der Waals surface area contributed by atoms with E-state index in [1.165, 1.54) is 37.8 Å². The lowest BCUT2D eigenvalue weighted by Gasteiger charge is -2.11. The average Bonchev–Trinajstić information content (AvgIpc) is 3.19. The smallest absolute Gasteiger partial charge is 0.323 e. The van der Waals surface area contributed by atoms with Crippen molar-refractivity contribution in [2.45, 2.75) is 58.9 Å². The fraction of sp³-hybridized carbons (Fsp3) is 0.385. The van der Waals surface area contributed by atoms with Crippen LogP contribution in [-0.4, -0.2) is 12.6 Å². The highest BCUT2D eigenvalue weighted by Crippen LogP contribution is 2.28. The molecule has 2 aromatic carbocycles. The minimum atomic E-state index is -0.316. The quantitative estimate of drug-likeness (QED) is 0.206. The second kappa shape index (κ2) is 13.2. The lowest BCUT2D eigenvalue weighted by molar-refractivity contribution is -0.689. The van der Waals surface area contributed by atoms with Crippen LogP contribution in [0.15, 0.2) is 53.4 Å². The number of ether oxygens (including phenoxy) is 1. The van der Waals surface area contributed by atoms with Gasteiger partial charge in [0.1, 0.15) is 5.75 Å². The van der Waals surface area contributed by atoms with E-state index in [1.54, 1.807) is 29.5 Å². The monoisotopic (exact) mass is 486 g/mol. The number of anilines is 2. The normalized spacial score (nSPS) is 10.8. The first-order chi connectivity index (χ1) is 16.0. The summed E-state index contributed by atoms with van der Waals surface area (Å²) in [6, 6.07) is 12.9. The van der Waals surface area contributed by atoms with Crippen LogP contribution in [0.2, 0.25) is 5.02 Å². The first kappa shape index (κ1) is 25.1. The van der Waals surface area contributed by atoms with Gasteiger partial charge in [-0.15, -0.1) is 0 Å². The van der Waals surface area contributed by atoms with Crippen molar-refractivity contribution < 1.29 is 14.1 Å². The van der Waals surface area contributed by atoms with Gasteiger partial charge in [0.25, 0.3) is 0 Å². The summed E-state index contributed by atoms with van der Waals surface area (Å²) < 4.78 is 7.98. The Labute approximate surface area is 205 Å². The first-order valence-corrected chi connectivity index (χ1v) is 12.9. The molecule has 2 N–H and O–H groups in total. The van der Waals surface area contributed by atoms with Crippen LogP contribution in [-0.2, 0) is 6.54 Å². The minimum Gasteiger partial charge on any atom is -0.492 e. The number of urea groups is 1. The number of carbonyl (C=O) groups excluding carboxylic acids is 1. The summed E-state index contributed by atoms with van der Waals surface area (Å²) in [5.41, 5.74) is 5.78. The zero-order valence-electron chi connectivity index (χ0n) is 19.4. The topological polar surface area (TPSA) is 54.2 Å². The van der Waals surface area contributed by atoms with Crippen molar-refractivity contribution in [3.63, 3.8) is 0 Å². The van der Waals surface area contributed by atoms with Crippen molar-refractivity contribution in [1.29, 1.82) is 0 Å². The molecule has 176 valence electrons. The number of carbonyl (C=O) groups is 1. The minimum absolute atomic E-state index is 0.316. The van der Waals surface area contributed by atoms with E-state index in [-0.39, 0.29) is 6.03 Å². The molecule has 0 bridgehead atoms. The van der Waals surface area contributed by atoms with Gasteiger partial charge in [-0.3, -0.25) is 0 Å². The Morgan fingerprint density at radius 3 is 2.52 bits per heavy atom. The van der Waals surface area contributed by atoms with Gasteiger partial charge in [-0.1, -0.05) is 74.1 Å². The molecule has 1 aromatic heterocycles. The second-order valence-corrected chi connectivity index (χ2v) is 9.30. The molecule has 0 unspecified atom stereocenters. The zero-order chi connectivity index (χ0) is 23.5. The largest absolute Gasteiger partial charge is 0.492 e. The summed E-state index contributed by atoms with van der Waals surface area (Å²) in [6.45, 7) is 5.72. The number of thiazole rings is 1. The van der Waals surface area contributed by atoms with Crippen LogP contribution in [0.5, 0.6) is 5.75 Å². The molecule has 0 saturated heterocycles. The number of hydrogen-bond donors (Lipinski definition) is 2. The molecular weight excluding hydrogens is 454 g/mol. The van der Waals surface area contributed by atoms with E-state index in [2.05, 4.69) is 46.0 Å². The predicted molar refractivity (Wildman–Crippen MR) is 138 cm³/mol. The number of aromatic nitrogens is 1. The van der Waals surface area contributed by atoms with Crippen molar-refractivity contribution in [3.8, 4) is 5.75 Å². The Balaban J connectivity index is 1.47. The number of hydrogen-bond acceptors (Lipinski definition) is 3. The van der Waals surface area contributed by atoms with Gasteiger partial charge < -0.3 is 15.4 Å². The number of aryl methyl sites for hydroxylation is 1. The maximum atomic E-state index is 12.5. The number of amides is 2. The van der Waals surface area contributed by atoms with Gasteiger partial charge in [0.2, 0.25) is 5.51 Å². The van der Waals surface area contributed by atoms with E-state index in [0.29, 0.717) is 23.1 Å². The summed E-state index contributed by atoms with van der Waals surface area (Å²) in [7, 11) is 0. The molecule has 0 saturated carbocycles. The Bertz CT molecular complexity index is 1040. The first-order valence-electron chi connectivity index (χ1n) is 11.6. The maximum Gasteiger partial charge on any atom is 0.323 e. The van der Waals surface area contributed by atoms with Crippen molar-refractivity contribution in [1.82, 2.24) is 0 Å². The van der Waals surface area contributed by atoms with Crippen LogP contribution < -0.4 is 19.9 Å². The molecule has 2 amide bonds. The number of nitrogens with one attached hydrogen (secondary N) is 2. The van der Waals surface area contributed by atoms with Crippen LogP contribution in [0.25, 0.3) is 0 Å². The Hall–Kier alpha value is -2.57. The lowest BCUT2D eigenvalue weighted by atomic mass is 10.1. The highest BCUT2D eigenvalue weighted by molar-refractivity contribution is 7.07. The summed E-state index contributed by atoms with van der Waals surface area (Å²) in [6.07, 6.45) is 7.28. The van der Waals surface area contributed by atoms with Crippen molar-refractivity contribution in [2.24, 2.45) is 0 Å². The van der Waals surface area contributed by atoms with Gasteiger partial charge in [-0.2, -0.15) is 4.57 Å². The number of unbranched alkanes of at least 4 members (excludes halogenated alkanes) is 5. The molecule has 0 radical (unpaired) electrons. The molecule has 0 aliphatic rings. The van der Waals surface area contributed by atoms with E-state index >= 15 is 0 Å². The average molecular weight is 487 g/mol. The van der Waals surface area contributed by atoms with Crippen LogP contribution in [0.4, 0.5) is 16.2 Å². The van der Waals surface area contributed by atoms with Crippen LogP contribution >= 0.6 is 22.9 Å². The van der Waals surface area contributed by atoms with Crippen molar-refractivity contribution in [2.75, 3.05) is 17.2 Å². The van der Waals surface area contributed by atoms with Crippen molar-refractivity contribution in [3.05, 3.63) is 69.6 Å². The SMILES string of the molecule is CCCCCCCCOc1ccc(NC(=O)Nc2cccc(C[n+]3cscc3C)c2)cc1Cl. The molecule has 3 aromatic rings. The predicted octanol–water partition coefficient (Wildman–Crippen LogP) is 7.43. The van der Waals surface area contributed by atoms with E-state index in [9.17, 15) is 4.79 Å². The fourth-order valence-electron chi connectivity index (χ4n) is 3.51. The lowest BCUT2D eigenvalue weighted by Crippen LogP contribution is -2.34. The molecule has 3 rings (SSSR count). The third-order valence-electron chi connectivity index (χ3n) is 5.36. The number of halogens is 1. The van der Waals surface area contributed by atoms with E-state index in [4.69, 9.17) is 16.3 Å².